The van der Waals surface area contributed by atoms with Crippen molar-refractivity contribution in [2.45, 2.75) is 6.92 Å². The van der Waals surface area contributed by atoms with Gasteiger partial charge in [0.2, 0.25) is 5.91 Å². The Labute approximate surface area is 133 Å². The van der Waals surface area contributed by atoms with E-state index in [0.29, 0.717) is 16.9 Å². The fourth-order valence-corrected chi connectivity index (χ4v) is 2.19. The number of anilines is 2. The number of primary amides is 1. The van der Waals surface area contributed by atoms with E-state index >= 15 is 0 Å². The van der Waals surface area contributed by atoms with Crippen LogP contribution in [0, 0.1) is 12.7 Å². The van der Waals surface area contributed by atoms with Crippen LogP contribution in [0.1, 0.15) is 26.3 Å². The number of aryl methyl sites for hydroxylation is 1. The number of carbonyl (C=O) groups is 2. The Kier molecular flexibility index (Phi) is 4.64. The maximum absolute atomic E-state index is 14.1. The van der Waals surface area contributed by atoms with E-state index in [1.54, 1.807) is 50.2 Å². The van der Waals surface area contributed by atoms with Crippen molar-refractivity contribution >= 4 is 23.2 Å². The fourth-order valence-electron chi connectivity index (χ4n) is 2.19. The van der Waals surface area contributed by atoms with E-state index in [4.69, 9.17) is 5.73 Å². The summed E-state index contributed by atoms with van der Waals surface area (Å²) in [6.45, 7) is 1.59. The summed E-state index contributed by atoms with van der Waals surface area (Å²) in [7, 11) is 3.59. The summed E-state index contributed by atoms with van der Waals surface area (Å²) in [6.07, 6.45) is 0. The predicted molar refractivity (Wildman–Crippen MR) is 88.4 cm³/mol. The molecule has 2 aromatic carbocycles. The first-order valence-electron chi connectivity index (χ1n) is 6.99. The molecule has 0 radical (unpaired) electrons. The summed E-state index contributed by atoms with van der Waals surface area (Å²) >= 11 is 0. The molecule has 0 heterocycles. The van der Waals surface area contributed by atoms with E-state index in [2.05, 4.69) is 5.32 Å². The lowest BCUT2D eigenvalue weighted by atomic mass is 10.1. The van der Waals surface area contributed by atoms with E-state index in [1.165, 1.54) is 12.1 Å². The molecule has 0 aliphatic heterocycles. The number of halogens is 1. The standard InChI is InChI=1S/C17H18FN3O2/c1-10-5-4-6-12(15(10)18)17(23)20-13-9-11(16(19)22)7-8-14(13)21(2)3/h4-9H,1-3H3,(H2,19,22)(H,20,23). The zero-order valence-electron chi connectivity index (χ0n) is 13.2. The summed E-state index contributed by atoms with van der Waals surface area (Å²) in [4.78, 5) is 25.5. The van der Waals surface area contributed by atoms with Crippen molar-refractivity contribution in [2.75, 3.05) is 24.3 Å². The van der Waals surface area contributed by atoms with Gasteiger partial charge in [0, 0.05) is 19.7 Å². The normalized spacial score (nSPS) is 10.3. The highest BCUT2D eigenvalue weighted by molar-refractivity contribution is 6.07. The van der Waals surface area contributed by atoms with Crippen LogP contribution >= 0.6 is 0 Å². The molecule has 0 bridgehead atoms. The smallest absolute Gasteiger partial charge is 0.258 e. The molecule has 0 aliphatic carbocycles. The van der Waals surface area contributed by atoms with Crippen LogP contribution in [-0.4, -0.2) is 25.9 Å². The molecule has 120 valence electrons. The van der Waals surface area contributed by atoms with E-state index in [0.717, 1.165) is 0 Å². The Bertz CT molecular complexity index is 772. The quantitative estimate of drug-likeness (QED) is 0.910. The molecule has 5 nitrogen and oxygen atoms in total. The van der Waals surface area contributed by atoms with Crippen molar-refractivity contribution in [1.29, 1.82) is 0 Å². The van der Waals surface area contributed by atoms with Gasteiger partial charge in [-0.25, -0.2) is 4.39 Å². The number of hydrogen-bond donors (Lipinski definition) is 2. The lowest BCUT2D eigenvalue weighted by molar-refractivity contribution is 0.0995. The van der Waals surface area contributed by atoms with E-state index in [9.17, 15) is 14.0 Å². The van der Waals surface area contributed by atoms with Crippen LogP contribution in [0.25, 0.3) is 0 Å². The molecule has 0 aliphatic rings. The van der Waals surface area contributed by atoms with E-state index in [-0.39, 0.29) is 11.1 Å². The first-order valence-corrected chi connectivity index (χ1v) is 6.99. The molecule has 0 saturated carbocycles. The SMILES string of the molecule is Cc1cccc(C(=O)Nc2cc(C(N)=O)ccc2N(C)C)c1F. The van der Waals surface area contributed by atoms with E-state index in [1.807, 2.05) is 0 Å². The molecule has 0 fully saturated rings. The fraction of sp³-hybridized carbons (Fsp3) is 0.176. The Morgan fingerprint density at radius 2 is 1.87 bits per heavy atom. The molecule has 2 aromatic rings. The Morgan fingerprint density at radius 3 is 2.48 bits per heavy atom. The number of carbonyl (C=O) groups excluding carboxylic acids is 2. The number of hydrogen-bond acceptors (Lipinski definition) is 3. The molecule has 2 amide bonds. The van der Waals surface area contributed by atoms with Crippen LogP contribution in [-0.2, 0) is 0 Å². The maximum Gasteiger partial charge on any atom is 0.258 e. The van der Waals surface area contributed by atoms with Crippen LogP contribution in [0.4, 0.5) is 15.8 Å². The van der Waals surface area contributed by atoms with Gasteiger partial charge in [0.25, 0.3) is 5.91 Å². The molecular formula is C17H18FN3O2. The first kappa shape index (κ1) is 16.5. The van der Waals surface area contributed by atoms with Crippen molar-refractivity contribution < 1.29 is 14.0 Å². The van der Waals surface area contributed by atoms with Gasteiger partial charge in [-0.3, -0.25) is 9.59 Å². The van der Waals surface area contributed by atoms with Gasteiger partial charge in [0.15, 0.2) is 0 Å². The van der Waals surface area contributed by atoms with Crippen molar-refractivity contribution in [1.82, 2.24) is 0 Å². The Balaban J connectivity index is 2.41. The monoisotopic (exact) mass is 315 g/mol. The average molecular weight is 315 g/mol. The summed E-state index contributed by atoms with van der Waals surface area (Å²) in [5.41, 5.74) is 6.92. The highest BCUT2D eigenvalue weighted by Gasteiger charge is 2.16. The molecule has 0 saturated heterocycles. The largest absolute Gasteiger partial charge is 0.376 e. The number of rotatable bonds is 4. The summed E-state index contributed by atoms with van der Waals surface area (Å²) in [5, 5.41) is 2.64. The highest BCUT2D eigenvalue weighted by Crippen LogP contribution is 2.26. The van der Waals surface area contributed by atoms with Crippen LogP contribution in [0.3, 0.4) is 0 Å². The molecule has 6 heteroatoms. The minimum absolute atomic E-state index is 0.0563. The summed E-state index contributed by atoms with van der Waals surface area (Å²) < 4.78 is 14.1. The lowest BCUT2D eigenvalue weighted by Gasteiger charge is -2.19. The van der Waals surface area contributed by atoms with Gasteiger partial charge < -0.3 is 16.0 Å². The second-order valence-electron chi connectivity index (χ2n) is 5.38. The lowest BCUT2D eigenvalue weighted by Crippen LogP contribution is -2.19. The van der Waals surface area contributed by atoms with Crippen molar-refractivity contribution in [3.05, 3.63) is 58.9 Å². The van der Waals surface area contributed by atoms with Gasteiger partial charge in [0.1, 0.15) is 5.82 Å². The van der Waals surface area contributed by atoms with Gasteiger partial charge in [-0.15, -0.1) is 0 Å². The molecule has 2 rings (SSSR count). The van der Waals surface area contributed by atoms with Crippen molar-refractivity contribution in [2.24, 2.45) is 5.73 Å². The van der Waals surface area contributed by atoms with Crippen LogP contribution in [0.2, 0.25) is 0 Å². The molecule has 3 N–H and O–H groups in total. The Morgan fingerprint density at radius 1 is 1.17 bits per heavy atom. The number of nitrogens with two attached hydrogens (primary N) is 1. The number of amides is 2. The summed E-state index contributed by atoms with van der Waals surface area (Å²) in [5.74, 6) is -1.76. The van der Waals surface area contributed by atoms with Gasteiger partial charge in [-0.1, -0.05) is 12.1 Å². The number of benzene rings is 2. The number of nitrogens with one attached hydrogen (secondary N) is 1. The molecule has 0 atom stereocenters. The second kappa shape index (κ2) is 6.48. The topological polar surface area (TPSA) is 75.4 Å². The first-order chi connectivity index (χ1) is 10.8. The van der Waals surface area contributed by atoms with Gasteiger partial charge in [-0.05, 0) is 36.8 Å². The minimum atomic E-state index is -0.604. The molecule has 23 heavy (non-hydrogen) atoms. The predicted octanol–water partition coefficient (Wildman–Crippen LogP) is 2.55. The third-order valence-corrected chi connectivity index (χ3v) is 3.45. The second-order valence-corrected chi connectivity index (χ2v) is 5.38. The van der Waals surface area contributed by atoms with Crippen molar-refractivity contribution in [3.8, 4) is 0 Å². The Hall–Kier alpha value is -2.89. The highest BCUT2D eigenvalue weighted by atomic mass is 19.1. The maximum atomic E-state index is 14.1. The zero-order valence-corrected chi connectivity index (χ0v) is 13.2. The average Bonchev–Trinajstić information content (AvgIpc) is 2.49. The third kappa shape index (κ3) is 3.48. The van der Waals surface area contributed by atoms with Gasteiger partial charge in [0.05, 0.1) is 16.9 Å². The third-order valence-electron chi connectivity index (χ3n) is 3.45. The van der Waals surface area contributed by atoms with Crippen LogP contribution in [0.15, 0.2) is 36.4 Å². The van der Waals surface area contributed by atoms with Gasteiger partial charge in [-0.2, -0.15) is 0 Å². The molecular weight excluding hydrogens is 297 g/mol. The zero-order chi connectivity index (χ0) is 17.1. The van der Waals surface area contributed by atoms with Crippen LogP contribution in [0.5, 0.6) is 0 Å². The minimum Gasteiger partial charge on any atom is -0.376 e. The van der Waals surface area contributed by atoms with Crippen LogP contribution < -0.4 is 16.0 Å². The number of nitrogens with zero attached hydrogens (tertiary/aromatic N) is 1. The van der Waals surface area contributed by atoms with Crippen molar-refractivity contribution in [3.63, 3.8) is 0 Å². The molecule has 0 spiro atoms. The van der Waals surface area contributed by atoms with E-state index < -0.39 is 17.6 Å². The van der Waals surface area contributed by atoms with Gasteiger partial charge >= 0.3 is 0 Å². The molecule has 0 unspecified atom stereocenters. The molecule has 0 aromatic heterocycles. The summed E-state index contributed by atoms with van der Waals surface area (Å²) in [6, 6.07) is 9.32.